The number of nitriles is 1. The van der Waals surface area contributed by atoms with Gasteiger partial charge in [-0.3, -0.25) is 14.6 Å². The number of ether oxygens (including phenoxy) is 2. The van der Waals surface area contributed by atoms with Crippen LogP contribution in [0.3, 0.4) is 0 Å². The van der Waals surface area contributed by atoms with Crippen molar-refractivity contribution >= 4 is 23.2 Å². The summed E-state index contributed by atoms with van der Waals surface area (Å²) in [6, 6.07) is 4.26. The first-order chi connectivity index (χ1) is 15.8. The highest BCUT2D eigenvalue weighted by atomic mass is 35.5. The first kappa shape index (κ1) is 22.7. The summed E-state index contributed by atoms with van der Waals surface area (Å²) in [6.07, 6.45) is 1.68. The minimum absolute atomic E-state index is 0.00910. The summed E-state index contributed by atoms with van der Waals surface area (Å²) in [6.45, 7) is 2.30. The Bertz CT molecular complexity index is 1430. The van der Waals surface area contributed by atoms with Crippen molar-refractivity contribution in [2.75, 3.05) is 6.61 Å². The zero-order valence-electron chi connectivity index (χ0n) is 17.1. The van der Waals surface area contributed by atoms with Crippen molar-refractivity contribution in [1.29, 1.82) is 5.26 Å². The largest absolute Gasteiger partial charge is 0.434 e. The van der Waals surface area contributed by atoms with E-state index >= 15 is 0 Å². The second-order valence-corrected chi connectivity index (χ2v) is 7.87. The molecule has 1 atom stereocenters. The Morgan fingerprint density at radius 3 is 2.64 bits per heavy atom. The molecule has 0 fully saturated rings. The predicted molar refractivity (Wildman–Crippen MR) is 117 cm³/mol. The summed E-state index contributed by atoms with van der Waals surface area (Å²) in [4.78, 5) is 38.1. The van der Waals surface area contributed by atoms with Crippen LogP contribution in [-0.2, 0) is 11.2 Å². The Hall–Kier alpha value is -3.46. The minimum atomic E-state index is -0.907. The Balaban J connectivity index is 1.76. The van der Waals surface area contributed by atoms with Crippen LogP contribution in [0.25, 0.3) is 5.69 Å². The summed E-state index contributed by atoms with van der Waals surface area (Å²) in [5.74, 6) is 0.178. The zero-order chi connectivity index (χ0) is 23.7. The molecule has 0 radical (unpaired) electrons. The second-order valence-electron chi connectivity index (χ2n) is 7.06. The SMILES string of the molecule is CCO[C@@H]1CCCc2c(Oc3c(Cl)cc(-n4nc(C#N)c(=O)[nH]c4=O)cc3Cl)n[nH]c(=O)c21. The average Bonchev–Trinajstić information content (AvgIpc) is 2.78. The van der Waals surface area contributed by atoms with E-state index in [0.717, 1.165) is 11.1 Å². The number of aromatic nitrogens is 5. The zero-order valence-corrected chi connectivity index (χ0v) is 18.7. The number of rotatable bonds is 5. The third kappa shape index (κ3) is 4.28. The normalized spacial score (nSPS) is 15.0. The maximum absolute atomic E-state index is 12.4. The van der Waals surface area contributed by atoms with Crippen LogP contribution < -0.4 is 21.5 Å². The quantitative estimate of drug-likeness (QED) is 0.551. The molecule has 0 unspecified atom stereocenters. The van der Waals surface area contributed by atoms with E-state index in [4.69, 9.17) is 37.9 Å². The highest BCUT2D eigenvalue weighted by Gasteiger charge is 2.28. The number of nitrogens with zero attached hydrogens (tertiary/aromatic N) is 4. The van der Waals surface area contributed by atoms with Gasteiger partial charge in [0, 0.05) is 12.2 Å². The van der Waals surface area contributed by atoms with Crippen molar-refractivity contribution in [3.8, 4) is 23.4 Å². The molecule has 1 aromatic carbocycles. The molecule has 2 aromatic heterocycles. The van der Waals surface area contributed by atoms with E-state index in [9.17, 15) is 14.4 Å². The molecule has 0 amide bonds. The summed E-state index contributed by atoms with van der Waals surface area (Å²) in [5.41, 5.74) is -1.46. The number of fused-ring (bicyclic) bond motifs is 1. The predicted octanol–water partition coefficient (Wildman–Crippen LogP) is 2.39. The Labute approximate surface area is 195 Å². The Morgan fingerprint density at radius 1 is 1.24 bits per heavy atom. The van der Waals surface area contributed by atoms with E-state index in [1.165, 1.54) is 12.1 Å². The van der Waals surface area contributed by atoms with Gasteiger partial charge in [0.2, 0.25) is 11.6 Å². The number of aromatic amines is 2. The number of benzene rings is 1. The molecule has 0 spiro atoms. The molecule has 4 rings (SSSR count). The van der Waals surface area contributed by atoms with Crippen LogP contribution in [0.15, 0.2) is 26.5 Å². The molecule has 0 saturated carbocycles. The molecule has 2 N–H and O–H groups in total. The fraction of sp³-hybridized carbons (Fsp3) is 0.300. The maximum atomic E-state index is 12.4. The fourth-order valence-electron chi connectivity index (χ4n) is 3.64. The molecule has 33 heavy (non-hydrogen) atoms. The number of H-pyrrole nitrogens is 2. The summed E-state index contributed by atoms with van der Waals surface area (Å²) >= 11 is 12.7. The first-order valence-electron chi connectivity index (χ1n) is 9.88. The van der Waals surface area contributed by atoms with E-state index in [0.29, 0.717) is 30.6 Å². The van der Waals surface area contributed by atoms with Gasteiger partial charge in [0.05, 0.1) is 27.4 Å². The molecule has 1 aliphatic rings. The van der Waals surface area contributed by atoms with Gasteiger partial charge in [-0.25, -0.2) is 9.89 Å². The minimum Gasteiger partial charge on any atom is -0.434 e. The van der Waals surface area contributed by atoms with Crippen molar-refractivity contribution < 1.29 is 9.47 Å². The van der Waals surface area contributed by atoms with Gasteiger partial charge in [-0.05, 0) is 38.3 Å². The van der Waals surface area contributed by atoms with Crippen LogP contribution in [0, 0.1) is 11.3 Å². The van der Waals surface area contributed by atoms with Gasteiger partial charge in [-0.2, -0.15) is 9.94 Å². The summed E-state index contributed by atoms with van der Waals surface area (Å²) in [7, 11) is 0. The first-order valence-corrected chi connectivity index (χ1v) is 10.6. The fourth-order valence-corrected chi connectivity index (χ4v) is 4.19. The molecule has 13 heteroatoms. The molecule has 3 aromatic rings. The topological polar surface area (TPSA) is 156 Å². The number of halogens is 2. The molecule has 0 bridgehead atoms. The third-order valence-corrected chi connectivity index (χ3v) is 5.59. The van der Waals surface area contributed by atoms with Crippen molar-refractivity contribution in [1.82, 2.24) is 25.0 Å². The Kier molecular flexibility index (Phi) is 6.33. The lowest BCUT2D eigenvalue weighted by Gasteiger charge is -2.25. The van der Waals surface area contributed by atoms with Crippen LogP contribution >= 0.6 is 23.2 Å². The van der Waals surface area contributed by atoms with Gasteiger partial charge in [0.15, 0.2) is 5.75 Å². The highest BCUT2D eigenvalue weighted by Crippen LogP contribution is 2.40. The van der Waals surface area contributed by atoms with Gasteiger partial charge in [-0.1, -0.05) is 23.2 Å². The van der Waals surface area contributed by atoms with Gasteiger partial charge in [-0.15, -0.1) is 10.2 Å². The van der Waals surface area contributed by atoms with Gasteiger partial charge in [0.25, 0.3) is 11.1 Å². The van der Waals surface area contributed by atoms with Crippen molar-refractivity contribution in [3.05, 3.63) is 70.2 Å². The van der Waals surface area contributed by atoms with Gasteiger partial charge in [0.1, 0.15) is 6.07 Å². The number of hydrogen-bond donors (Lipinski definition) is 2. The van der Waals surface area contributed by atoms with Crippen LogP contribution in [-0.4, -0.2) is 31.6 Å². The van der Waals surface area contributed by atoms with Crippen LogP contribution in [0.5, 0.6) is 11.6 Å². The summed E-state index contributed by atoms with van der Waals surface area (Å²) in [5, 5.41) is 19.2. The van der Waals surface area contributed by atoms with E-state index in [-0.39, 0.29) is 39.0 Å². The lowest BCUT2D eigenvalue weighted by molar-refractivity contribution is 0.0483. The average molecular weight is 491 g/mol. The highest BCUT2D eigenvalue weighted by molar-refractivity contribution is 6.37. The van der Waals surface area contributed by atoms with Crippen molar-refractivity contribution in [3.63, 3.8) is 0 Å². The van der Waals surface area contributed by atoms with Crippen LogP contribution in [0.1, 0.15) is 42.7 Å². The standard InChI is InChI=1S/C20H16Cl2N6O5/c1-2-32-14-5-3-4-10-15(14)18(30)25-26-19(10)33-16-11(21)6-9(7-12(16)22)28-20(31)24-17(29)13(8-23)27-28/h6-7,14H,2-5H2,1H3,(H,25,30)(H,24,29,31)/t14-/m1/s1. The van der Waals surface area contributed by atoms with E-state index in [1.807, 2.05) is 11.9 Å². The lowest BCUT2D eigenvalue weighted by atomic mass is 9.91. The third-order valence-electron chi connectivity index (χ3n) is 5.03. The second kappa shape index (κ2) is 9.19. The van der Waals surface area contributed by atoms with Crippen molar-refractivity contribution in [2.24, 2.45) is 0 Å². The van der Waals surface area contributed by atoms with E-state index < -0.39 is 16.9 Å². The molecule has 1 aliphatic carbocycles. The maximum Gasteiger partial charge on any atom is 0.349 e. The summed E-state index contributed by atoms with van der Waals surface area (Å²) < 4.78 is 12.4. The van der Waals surface area contributed by atoms with Gasteiger partial charge < -0.3 is 9.47 Å². The molecule has 0 saturated heterocycles. The monoisotopic (exact) mass is 490 g/mol. The van der Waals surface area contributed by atoms with Gasteiger partial charge >= 0.3 is 5.69 Å². The Morgan fingerprint density at radius 2 is 1.97 bits per heavy atom. The molecule has 0 aliphatic heterocycles. The van der Waals surface area contributed by atoms with Crippen LogP contribution in [0.2, 0.25) is 10.0 Å². The van der Waals surface area contributed by atoms with Crippen molar-refractivity contribution in [2.45, 2.75) is 32.3 Å². The smallest absolute Gasteiger partial charge is 0.349 e. The molecular formula is C20H16Cl2N6O5. The van der Waals surface area contributed by atoms with E-state index in [2.05, 4.69) is 15.3 Å². The lowest BCUT2D eigenvalue weighted by Crippen LogP contribution is -2.33. The van der Waals surface area contributed by atoms with E-state index in [1.54, 1.807) is 6.07 Å². The molecule has 11 nitrogen and oxygen atoms in total. The molecular weight excluding hydrogens is 475 g/mol. The van der Waals surface area contributed by atoms with Crippen LogP contribution in [0.4, 0.5) is 0 Å². The molecule has 2 heterocycles. The number of hydrogen-bond acceptors (Lipinski definition) is 8. The molecule has 170 valence electrons. The number of nitrogens with one attached hydrogen (secondary N) is 2.